The molecule has 0 fully saturated rings. The second kappa shape index (κ2) is 11.8. The minimum absolute atomic E-state index is 0.141. The molecule has 0 saturated heterocycles. The molecule has 5 nitrogen and oxygen atoms in total. The average Bonchev–Trinajstić information content (AvgIpc) is 2.72. The molecule has 2 aromatic carbocycles. The minimum atomic E-state index is -0.641. The predicted octanol–water partition coefficient (Wildman–Crippen LogP) is 5.57. The Bertz CT molecular complexity index is 927. The second-order valence-electron chi connectivity index (χ2n) is 8.48. The lowest BCUT2D eigenvalue weighted by Crippen LogP contribution is -2.52. The molecule has 0 radical (unpaired) electrons. The minimum Gasteiger partial charge on any atom is -0.497 e. The zero-order chi connectivity index (χ0) is 23.9. The first-order valence-corrected chi connectivity index (χ1v) is 12.2. The highest BCUT2D eigenvalue weighted by molar-refractivity contribution is 7.99. The number of hydrogen-bond acceptors (Lipinski definition) is 4. The summed E-state index contributed by atoms with van der Waals surface area (Å²) in [5.41, 5.74) is 1.28. The van der Waals surface area contributed by atoms with E-state index < -0.39 is 11.6 Å². The molecule has 0 aromatic heterocycles. The van der Waals surface area contributed by atoms with E-state index in [0.717, 1.165) is 11.1 Å². The van der Waals surface area contributed by atoms with E-state index in [0.29, 0.717) is 28.1 Å². The Morgan fingerprint density at radius 1 is 1.12 bits per heavy atom. The molecule has 0 aliphatic heterocycles. The van der Waals surface area contributed by atoms with Crippen molar-refractivity contribution >= 4 is 46.8 Å². The summed E-state index contributed by atoms with van der Waals surface area (Å²) in [6, 6.07) is 12.2. The van der Waals surface area contributed by atoms with Crippen molar-refractivity contribution in [1.82, 2.24) is 10.2 Å². The van der Waals surface area contributed by atoms with Crippen molar-refractivity contribution in [2.24, 2.45) is 0 Å². The van der Waals surface area contributed by atoms with Crippen LogP contribution in [0.4, 0.5) is 0 Å². The molecule has 8 heteroatoms. The zero-order valence-corrected chi connectivity index (χ0v) is 21.4. The number of ether oxygens (including phenoxy) is 1. The number of thioether (sulfide) groups is 1. The van der Waals surface area contributed by atoms with E-state index >= 15 is 0 Å². The van der Waals surface area contributed by atoms with Crippen LogP contribution in [0.5, 0.6) is 5.75 Å². The summed E-state index contributed by atoms with van der Waals surface area (Å²) in [7, 11) is 1.60. The molecule has 0 heterocycles. The van der Waals surface area contributed by atoms with E-state index in [9.17, 15) is 9.59 Å². The van der Waals surface area contributed by atoms with Gasteiger partial charge in [0.1, 0.15) is 11.8 Å². The van der Waals surface area contributed by atoms with Crippen molar-refractivity contribution in [3.05, 3.63) is 63.6 Å². The molecule has 2 amide bonds. The van der Waals surface area contributed by atoms with E-state index in [1.807, 2.05) is 45.0 Å². The number of hydrogen-bond donors (Lipinski definition) is 1. The van der Waals surface area contributed by atoms with Gasteiger partial charge in [-0.25, -0.2) is 0 Å². The lowest BCUT2D eigenvalue weighted by atomic mass is 10.1. The highest BCUT2D eigenvalue weighted by Crippen LogP contribution is 2.28. The van der Waals surface area contributed by atoms with Crippen molar-refractivity contribution in [3.63, 3.8) is 0 Å². The van der Waals surface area contributed by atoms with Crippen molar-refractivity contribution in [2.45, 2.75) is 51.6 Å². The topological polar surface area (TPSA) is 58.6 Å². The number of carbonyl (C=O) groups excluding carboxylic acids is 2. The van der Waals surface area contributed by atoms with Gasteiger partial charge in [-0.2, -0.15) is 0 Å². The maximum atomic E-state index is 13.2. The highest BCUT2D eigenvalue weighted by atomic mass is 35.5. The fourth-order valence-electron chi connectivity index (χ4n) is 3.02. The van der Waals surface area contributed by atoms with Gasteiger partial charge in [-0.3, -0.25) is 9.59 Å². The molecule has 1 atom stereocenters. The molecule has 0 spiro atoms. The number of nitrogens with zero attached hydrogens (tertiary/aromatic N) is 1. The molecule has 0 saturated carbocycles. The van der Waals surface area contributed by atoms with E-state index in [1.165, 1.54) is 11.8 Å². The van der Waals surface area contributed by atoms with Gasteiger partial charge in [-0.1, -0.05) is 41.4 Å². The smallest absolute Gasteiger partial charge is 0.242 e. The Kier molecular flexibility index (Phi) is 9.74. The molecule has 1 N–H and O–H groups in total. The summed E-state index contributed by atoms with van der Waals surface area (Å²) in [5, 5.41) is 4.11. The van der Waals surface area contributed by atoms with Gasteiger partial charge in [-0.15, -0.1) is 11.8 Å². The van der Waals surface area contributed by atoms with Crippen LogP contribution in [-0.4, -0.2) is 41.2 Å². The lowest BCUT2D eigenvalue weighted by molar-refractivity contribution is -0.139. The van der Waals surface area contributed by atoms with Crippen molar-refractivity contribution < 1.29 is 14.3 Å². The number of carbonyl (C=O) groups is 2. The third-order valence-corrected chi connectivity index (χ3v) is 6.34. The molecule has 0 bridgehead atoms. The lowest BCUT2D eigenvalue weighted by Gasteiger charge is -2.31. The van der Waals surface area contributed by atoms with Gasteiger partial charge >= 0.3 is 0 Å². The Hall–Kier alpha value is -1.89. The van der Waals surface area contributed by atoms with Gasteiger partial charge < -0.3 is 15.0 Å². The molecule has 0 aliphatic carbocycles. The first kappa shape index (κ1) is 26.4. The van der Waals surface area contributed by atoms with Crippen molar-refractivity contribution in [3.8, 4) is 5.75 Å². The number of halogens is 2. The summed E-state index contributed by atoms with van der Waals surface area (Å²) < 4.78 is 5.30. The van der Waals surface area contributed by atoms with Gasteiger partial charge in [0, 0.05) is 27.9 Å². The monoisotopic (exact) mass is 496 g/mol. The van der Waals surface area contributed by atoms with Crippen LogP contribution in [-0.2, 0) is 21.9 Å². The number of rotatable bonds is 9. The summed E-state index contributed by atoms with van der Waals surface area (Å²) in [6.45, 7) is 7.77. The summed E-state index contributed by atoms with van der Waals surface area (Å²) in [4.78, 5) is 27.6. The van der Waals surface area contributed by atoms with Crippen LogP contribution in [0.3, 0.4) is 0 Å². The normalized spacial score (nSPS) is 12.2. The third-order valence-electron chi connectivity index (χ3n) is 4.69. The van der Waals surface area contributed by atoms with E-state index in [-0.39, 0.29) is 17.6 Å². The Labute approximate surface area is 204 Å². The molecule has 2 aromatic rings. The van der Waals surface area contributed by atoms with E-state index in [2.05, 4.69) is 5.32 Å². The van der Waals surface area contributed by atoms with Gasteiger partial charge in [0.2, 0.25) is 11.8 Å². The number of nitrogens with one attached hydrogen (secondary N) is 1. The Morgan fingerprint density at radius 2 is 1.75 bits per heavy atom. The first-order valence-electron chi connectivity index (χ1n) is 10.3. The molecule has 174 valence electrons. The van der Waals surface area contributed by atoms with Crippen molar-refractivity contribution in [1.29, 1.82) is 0 Å². The van der Waals surface area contributed by atoms with Gasteiger partial charge in [0.05, 0.1) is 12.9 Å². The summed E-state index contributed by atoms with van der Waals surface area (Å²) >= 11 is 13.9. The van der Waals surface area contributed by atoms with Crippen molar-refractivity contribution in [2.75, 3.05) is 12.9 Å². The Morgan fingerprint density at radius 3 is 2.34 bits per heavy atom. The molecule has 2 rings (SSSR count). The summed E-state index contributed by atoms with van der Waals surface area (Å²) in [5.74, 6) is 1.05. The summed E-state index contributed by atoms with van der Waals surface area (Å²) in [6.07, 6.45) is 0. The molecular formula is C24H30Cl2N2O3S. The SMILES string of the molecule is COc1cccc(CN(C(=O)CSCc2c(Cl)cccc2Cl)[C@@H](C)C(=O)NC(C)(C)C)c1. The fraction of sp³-hybridized carbons (Fsp3) is 0.417. The fourth-order valence-corrected chi connectivity index (χ4v) is 4.66. The van der Waals surface area contributed by atoms with Crippen LogP contribution in [0.25, 0.3) is 0 Å². The van der Waals surface area contributed by atoms with Crippen LogP contribution < -0.4 is 10.1 Å². The first-order chi connectivity index (χ1) is 15.0. The maximum absolute atomic E-state index is 13.2. The third kappa shape index (κ3) is 7.91. The van der Waals surface area contributed by atoms with Crippen LogP contribution in [0.15, 0.2) is 42.5 Å². The zero-order valence-electron chi connectivity index (χ0n) is 19.1. The van der Waals surface area contributed by atoms with Gasteiger partial charge in [0.25, 0.3) is 0 Å². The molecule has 0 aliphatic rings. The maximum Gasteiger partial charge on any atom is 0.242 e. The van der Waals surface area contributed by atoms with Gasteiger partial charge in [-0.05, 0) is 63.1 Å². The largest absolute Gasteiger partial charge is 0.497 e. The van der Waals surface area contributed by atoms with Gasteiger partial charge in [0.15, 0.2) is 0 Å². The van der Waals surface area contributed by atoms with Crippen LogP contribution in [0, 0.1) is 0 Å². The molecule has 32 heavy (non-hydrogen) atoms. The molecule has 0 unspecified atom stereocenters. The van der Waals surface area contributed by atoms with E-state index in [4.69, 9.17) is 27.9 Å². The standard InChI is InChI=1S/C24H30Cl2N2O3S/c1-16(23(30)27-24(2,3)4)28(13-17-8-6-9-18(12-17)31-5)22(29)15-32-14-19-20(25)10-7-11-21(19)26/h6-12,16H,13-15H2,1-5H3,(H,27,30)/t16-/m0/s1. The van der Waals surface area contributed by atoms with Crippen LogP contribution in [0.2, 0.25) is 10.0 Å². The van der Waals surface area contributed by atoms with Crippen LogP contribution >= 0.6 is 35.0 Å². The Balaban J connectivity index is 2.16. The second-order valence-corrected chi connectivity index (χ2v) is 10.3. The number of methoxy groups -OCH3 is 1. The number of amides is 2. The quantitative estimate of drug-likeness (QED) is 0.492. The van der Waals surface area contributed by atoms with Crippen LogP contribution in [0.1, 0.15) is 38.8 Å². The van der Waals surface area contributed by atoms with E-state index in [1.54, 1.807) is 37.1 Å². The predicted molar refractivity (Wildman–Crippen MR) is 134 cm³/mol. The highest BCUT2D eigenvalue weighted by Gasteiger charge is 2.28. The average molecular weight is 497 g/mol. The molecular weight excluding hydrogens is 467 g/mol. The number of benzene rings is 2.